The Morgan fingerprint density at radius 2 is 1.98 bits per heavy atom. The van der Waals surface area contributed by atoms with Gasteiger partial charge in [-0.15, -0.1) is 0 Å². The van der Waals surface area contributed by atoms with Crippen molar-refractivity contribution in [3.8, 4) is 22.8 Å². The minimum atomic E-state index is -3.32. The average Bonchev–Trinajstić information content (AvgIpc) is 2.91. The lowest BCUT2D eigenvalue weighted by atomic mass is 9.86. The molecule has 3 aromatic rings. The van der Waals surface area contributed by atoms with Crippen molar-refractivity contribution >= 4 is 11.6 Å². The molecule has 2 unspecified atom stereocenters. The van der Waals surface area contributed by atoms with E-state index in [1.807, 2.05) is 32.2 Å². The van der Waals surface area contributed by atoms with Crippen molar-refractivity contribution in [3.63, 3.8) is 0 Å². The van der Waals surface area contributed by atoms with E-state index in [4.69, 9.17) is 4.74 Å². The fraction of sp³-hybridized carbons (Fsp3) is 0.333. The summed E-state index contributed by atoms with van der Waals surface area (Å²) in [5, 5.41) is 16.3. The van der Waals surface area contributed by atoms with Gasteiger partial charge < -0.3 is 26.2 Å². The molecular weight excluding hydrogens is 516 g/mol. The zero-order valence-electron chi connectivity index (χ0n) is 23.3. The number of benzene rings is 2. The Balaban J connectivity index is 1.70. The van der Waals surface area contributed by atoms with Gasteiger partial charge in [0.15, 0.2) is 5.54 Å². The number of carbonyl (C=O) groups excluding carboxylic acids is 1. The van der Waals surface area contributed by atoms with Crippen LogP contribution in [-0.2, 0) is 5.92 Å². The smallest absolute Gasteiger partial charge is 0.351 e. The van der Waals surface area contributed by atoms with Crippen LogP contribution < -0.4 is 21.1 Å². The molecule has 10 heteroatoms. The maximum Gasteiger partial charge on any atom is 0.351 e. The first-order valence-electron chi connectivity index (χ1n) is 13.1. The van der Waals surface area contributed by atoms with E-state index in [0.717, 1.165) is 18.2 Å². The molecule has 1 saturated heterocycles. The van der Waals surface area contributed by atoms with Crippen LogP contribution in [0.15, 0.2) is 67.5 Å². The van der Waals surface area contributed by atoms with E-state index in [0.29, 0.717) is 35.8 Å². The highest BCUT2D eigenvalue weighted by Crippen LogP contribution is 2.38. The number of nitrogens with one attached hydrogen (secondary N) is 2. The Morgan fingerprint density at radius 1 is 1.27 bits per heavy atom. The van der Waals surface area contributed by atoms with E-state index in [1.54, 1.807) is 31.4 Å². The number of ether oxygens (including phenoxy) is 1. The van der Waals surface area contributed by atoms with E-state index in [9.17, 15) is 18.7 Å². The first kappa shape index (κ1) is 29.3. The maximum absolute atomic E-state index is 15.0. The number of likely N-dealkylation sites (N-methyl/N-ethyl adjacent to an activating group) is 1. The number of pyridine rings is 1. The summed E-state index contributed by atoms with van der Waals surface area (Å²) in [4.78, 5) is 18.1. The molecule has 2 heterocycles. The van der Waals surface area contributed by atoms with E-state index in [-0.39, 0.29) is 18.2 Å². The molecule has 1 amide bonds. The van der Waals surface area contributed by atoms with Gasteiger partial charge in [0.05, 0.1) is 37.6 Å². The summed E-state index contributed by atoms with van der Waals surface area (Å²) in [6.07, 6.45) is 2.94. The summed E-state index contributed by atoms with van der Waals surface area (Å²) >= 11 is 0. The molecule has 0 saturated carbocycles. The van der Waals surface area contributed by atoms with Gasteiger partial charge in [-0.1, -0.05) is 6.07 Å². The first-order valence-corrected chi connectivity index (χ1v) is 13.1. The molecule has 2 atom stereocenters. The van der Waals surface area contributed by atoms with E-state index in [1.165, 1.54) is 18.3 Å². The van der Waals surface area contributed by atoms with Crippen molar-refractivity contribution in [2.45, 2.75) is 31.4 Å². The number of halogens is 2. The third kappa shape index (κ3) is 5.23. The number of hydrogen-bond acceptors (Lipinski definition) is 6. The van der Waals surface area contributed by atoms with Gasteiger partial charge >= 0.3 is 5.91 Å². The highest BCUT2D eigenvalue weighted by Gasteiger charge is 2.57. The maximum atomic E-state index is 15.0. The lowest BCUT2D eigenvalue weighted by molar-refractivity contribution is -0.839. The Bertz CT molecular complexity index is 1410. The normalized spacial score (nSPS) is 16.8. The predicted octanol–water partition coefficient (Wildman–Crippen LogP) is 4.06. The number of rotatable bonds is 10. The Labute approximate surface area is 233 Å². The van der Waals surface area contributed by atoms with Crippen LogP contribution in [0.5, 0.6) is 11.5 Å². The summed E-state index contributed by atoms with van der Waals surface area (Å²) in [6, 6.07) is 13.4. The van der Waals surface area contributed by atoms with Crippen molar-refractivity contribution < 1.29 is 33.6 Å². The van der Waals surface area contributed by atoms with Gasteiger partial charge in [-0.3, -0.25) is 4.98 Å². The number of aliphatic hydroxyl groups excluding tert-OH is 1. The second-order valence-corrected chi connectivity index (χ2v) is 10.6. The molecule has 1 aliphatic rings. The summed E-state index contributed by atoms with van der Waals surface area (Å²) in [7, 11) is 3.41. The molecule has 4 rings (SSSR count). The van der Waals surface area contributed by atoms with Gasteiger partial charge in [0.25, 0.3) is 5.92 Å². The lowest BCUT2D eigenvalue weighted by Gasteiger charge is -2.51. The summed E-state index contributed by atoms with van der Waals surface area (Å²) < 4.78 is 35.6. The van der Waals surface area contributed by atoms with Gasteiger partial charge in [-0.2, -0.15) is 0 Å². The summed E-state index contributed by atoms with van der Waals surface area (Å²) in [6.45, 7) is 6.98. The van der Waals surface area contributed by atoms with Crippen LogP contribution in [0.1, 0.15) is 41.4 Å². The minimum absolute atomic E-state index is 0.0903. The third-order valence-corrected chi connectivity index (χ3v) is 7.79. The van der Waals surface area contributed by atoms with Crippen LogP contribution in [0.4, 0.5) is 14.5 Å². The highest BCUT2D eigenvalue weighted by molar-refractivity contribution is 5.92. The lowest BCUT2D eigenvalue weighted by Crippen LogP contribution is -2.77. The van der Waals surface area contributed by atoms with E-state index >= 15 is 0 Å². The van der Waals surface area contributed by atoms with Gasteiger partial charge in [-0.25, -0.2) is 18.1 Å². The van der Waals surface area contributed by atoms with Crippen LogP contribution >= 0.6 is 0 Å². The summed E-state index contributed by atoms with van der Waals surface area (Å²) in [5.74, 6) is -2.82. The molecule has 0 radical (unpaired) electrons. The molecule has 0 aliphatic carbocycles. The largest absolute Gasteiger partial charge is 0.457 e. The number of alkyl halides is 2. The predicted molar refractivity (Wildman–Crippen MR) is 150 cm³/mol. The second-order valence-electron chi connectivity index (χ2n) is 10.6. The van der Waals surface area contributed by atoms with Crippen LogP contribution in [0, 0.1) is 0 Å². The second kappa shape index (κ2) is 11.1. The zero-order valence-corrected chi connectivity index (χ0v) is 23.3. The fourth-order valence-electron chi connectivity index (χ4n) is 5.01. The number of hydrogen-bond donors (Lipinski definition) is 4. The molecule has 0 spiro atoms. The minimum Gasteiger partial charge on any atom is -0.457 e. The Morgan fingerprint density at radius 3 is 2.52 bits per heavy atom. The number of nitrogens with zero attached hydrogens (tertiary/aromatic N) is 2. The topological polar surface area (TPSA) is 111 Å². The highest BCUT2D eigenvalue weighted by atomic mass is 19.3. The van der Waals surface area contributed by atoms with Crippen LogP contribution in [-0.4, -0.2) is 59.8 Å². The van der Waals surface area contributed by atoms with Crippen LogP contribution in [0.3, 0.4) is 0 Å². The molecular formula is C30H37F2N5O3+2. The van der Waals surface area contributed by atoms with Gasteiger partial charge in [-0.05, 0) is 43.8 Å². The molecule has 1 aliphatic heterocycles. The zero-order chi connectivity index (χ0) is 29.3. The van der Waals surface area contributed by atoms with Crippen molar-refractivity contribution in [2.75, 3.05) is 39.1 Å². The monoisotopic (exact) mass is 553 g/mol. The number of amides is 1. The van der Waals surface area contributed by atoms with Crippen molar-refractivity contribution in [2.24, 2.45) is 0 Å². The molecule has 2 aromatic carbocycles. The number of carbonyl (C=O) groups is 1. The Kier molecular flexibility index (Phi) is 8.09. The molecule has 0 bridgehead atoms. The summed E-state index contributed by atoms with van der Waals surface area (Å²) in [5.41, 5.74) is 5.42. The molecule has 1 aromatic heterocycles. The Hall–Kier alpha value is -3.70. The molecule has 212 valence electrons. The van der Waals surface area contributed by atoms with Crippen LogP contribution in [0.2, 0.25) is 0 Å². The van der Waals surface area contributed by atoms with Crippen molar-refractivity contribution in [1.29, 1.82) is 0 Å². The molecule has 1 fully saturated rings. The number of quaternary nitrogens is 2. The third-order valence-electron chi connectivity index (χ3n) is 7.79. The average molecular weight is 554 g/mol. The SMILES string of the molecule is C=C[N+](C)(C(=O)c1ccc(-c2cc(Oc3ccc(C(C)[NH3+])c(NC)c3)ccn2)cc1C(C)(F)F)C1(CO)CNC1. The van der Waals surface area contributed by atoms with Gasteiger partial charge in [0.1, 0.15) is 24.1 Å². The van der Waals surface area contributed by atoms with Crippen LogP contribution in [0.25, 0.3) is 11.3 Å². The fourth-order valence-corrected chi connectivity index (χ4v) is 5.01. The molecule has 6 N–H and O–H groups in total. The van der Waals surface area contributed by atoms with Gasteiger partial charge in [0.2, 0.25) is 0 Å². The standard InChI is InChI=1S/C30H36F2N5O3/c1-6-37(5,30(18-38)16-35-17-30)28(39)24-9-7-20(13-25(24)29(3,31)32)26-14-22(11-12-36-26)40-21-8-10-23(19(2)33)27(15-21)34-4/h6-15,19,34-35,38H,1,16-18,33H2,2-5H3/q+1/p+1. The van der Waals surface area contributed by atoms with Crippen molar-refractivity contribution in [3.05, 3.63) is 84.2 Å². The quantitative estimate of drug-likeness (QED) is 0.282. The molecule has 40 heavy (non-hydrogen) atoms. The van der Waals surface area contributed by atoms with Crippen molar-refractivity contribution in [1.82, 2.24) is 10.3 Å². The van der Waals surface area contributed by atoms with E-state index < -0.39 is 27.4 Å². The van der Waals surface area contributed by atoms with E-state index in [2.05, 4.69) is 27.9 Å². The number of aliphatic hydroxyl groups is 1. The number of anilines is 1. The first-order chi connectivity index (χ1) is 18.9. The molecule has 8 nitrogen and oxygen atoms in total. The van der Waals surface area contributed by atoms with Gasteiger partial charge in [0, 0.05) is 54.7 Å². The number of aromatic nitrogens is 1.